The molecule has 0 amide bonds. The first-order valence-corrected chi connectivity index (χ1v) is 12.9. The molecule has 0 heteroatoms. The van der Waals surface area contributed by atoms with Gasteiger partial charge in [0.1, 0.15) is 0 Å². The highest BCUT2D eigenvalue weighted by molar-refractivity contribution is 5.25. The smallest absolute Gasteiger partial charge is 0.00851 e. The fourth-order valence-electron chi connectivity index (χ4n) is 8.87. The van der Waals surface area contributed by atoms with Gasteiger partial charge in [0.2, 0.25) is 0 Å². The fraction of sp³-hybridized carbons (Fsp3) is 0.929. The molecule has 0 saturated heterocycles. The molecule has 0 radical (unpaired) electrons. The minimum Gasteiger partial charge on any atom is -0.0845 e. The Morgan fingerprint density at radius 2 is 1.75 bits per heavy atom. The van der Waals surface area contributed by atoms with Crippen molar-refractivity contribution in [2.75, 3.05) is 0 Å². The minimum absolute atomic E-state index is 0.553. The van der Waals surface area contributed by atoms with E-state index in [-0.39, 0.29) is 0 Å². The largest absolute Gasteiger partial charge is 0.0845 e. The summed E-state index contributed by atoms with van der Waals surface area (Å²) in [5, 5.41) is 0. The summed E-state index contributed by atoms with van der Waals surface area (Å²) in [6, 6.07) is 0. The van der Waals surface area contributed by atoms with E-state index in [1.807, 2.05) is 5.57 Å². The van der Waals surface area contributed by atoms with Gasteiger partial charge >= 0.3 is 0 Å². The Balaban J connectivity index is 1.49. The quantitative estimate of drug-likeness (QED) is 0.416. The van der Waals surface area contributed by atoms with Crippen LogP contribution in [0.4, 0.5) is 0 Å². The second-order valence-electron chi connectivity index (χ2n) is 12.6. The standard InChI is InChI=1S/C28H48/c1-19(2)8-7-9-21(4)24-12-13-25-23-11-10-22-18-20(3)14-16-27(22,5)26(23)15-17-28(24,25)6/h10,19-21,23-26H,7-9,11-18H2,1-6H3/t20?,21-,23+,24?,25+,26+,27+,28-/m0/s1. The second-order valence-corrected chi connectivity index (χ2v) is 12.6. The molecule has 160 valence electrons. The summed E-state index contributed by atoms with van der Waals surface area (Å²) in [5.74, 6) is 6.73. The van der Waals surface area contributed by atoms with Gasteiger partial charge in [-0.25, -0.2) is 0 Å². The molecule has 0 N–H and O–H groups in total. The van der Waals surface area contributed by atoms with Crippen LogP contribution in [0.1, 0.15) is 112 Å². The summed E-state index contributed by atoms with van der Waals surface area (Å²) in [4.78, 5) is 0. The van der Waals surface area contributed by atoms with E-state index in [1.165, 1.54) is 70.6 Å². The van der Waals surface area contributed by atoms with E-state index in [1.54, 1.807) is 0 Å². The lowest BCUT2D eigenvalue weighted by atomic mass is 9.46. The molecule has 0 bridgehead atoms. The Kier molecular flexibility index (Phi) is 5.83. The summed E-state index contributed by atoms with van der Waals surface area (Å²) < 4.78 is 0. The van der Waals surface area contributed by atoms with Crippen LogP contribution in [-0.4, -0.2) is 0 Å². The van der Waals surface area contributed by atoms with Gasteiger partial charge in [0.05, 0.1) is 0 Å². The summed E-state index contributed by atoms with van der Waals surface area (Å²) in [5.41, 5.74) is 3.06. The van der Waals surface area contributed by atoms with Crippen LogP contribution < -0.4 is 0 Å². The van der Waals surface area contributed by atoms with Crippen molar-refractivity contribution >= 4 is 0 Å². The third-order valence-electron chi connectivity index (χ3n) is 10.6. The third-order valence-corrected chi connectivity index (χ3v) is 10.6. The van der Waals surface area contributed by atoms with Crippen molar-refractivity contribution in [3.05, 3.63) is 11.6 Å². The van der Waals surface area contributed by atoms with E-state index in [2.05, 4.69) is 47.6 Å². The maximum absolute atomic E-state index is 2.75. The van der Waals surface area contributed by atoms with Crippen molar-refractivity contribution in [2.45, 2.75) is 112 Å². The number of hydrogen-bond acceptors (Lipinski definition) is 0. The average molecular weight is 385 g/mol. The number of fused-ring (bicyclic) bond motifs is 5. The lowest BCUT2D eigenvalue weighted by molar-refractivity contribution is -0.0523. The zero-order chi connectivity index (χ0) is 20.1. The summed E-state index contributed by atoms with van der Waals surface area (Å²) in [7, 11) is 0. The molecule has 0 spiro atoms. The van der Waals surface area contributed by atoms with Gasteiger partial charge in [0.25, 0.3) is 0 Å². The van der Waals surface area contributed by atoms with Crippen LogP contribution in [-0.2, 0) is 0 Å². The van der Waals surface area contributed by atoms with E-state index in [4.69, 9.17) is 0 Å². The highest BCUT2D eigenvalue weighted by atomic mass is 14.6. The van der Waals surface area contributed by atoms with Crippen LogP contribution in [0.5, 0.6) is 0 Å². The van der Waals surface area contributed by atoms with Gasteiger partial charge in [-0.05, 0) is 104 Å². The molecule has 28 heavy (non-hydrogen) atoms. The predicted octanol–water partition coefficient (Wildman–Crippen LogP) is 8.66. The fourth-order valence-corrected chi connectivity index (χ4v) is 8.87. The lowest BCUT2D eigenvalue weighted by Gasteiger charge is -2.58. The van der Waals surface area contributed by atoms with E-state index >= 15 is 0 Å². The Labute approximate surface area is 176 Å². The Morgan fingerprint density at radius 1 is 0.964 bits per heavy atom. The summed E-state index contributed by atoms with van der Waals surface area (Å²) in [6.07, 6.45) is 19.0. The first kappa shape index (κ1) is 21.0. The van der Waals surface area contributed by atoms with Crippen molar-refractivity contribution in [3.8, 4) is 0 Å². The van der Waals surface area contributed by atoms with Gasteiger partial charge in [-0.3, -0.25) is 0 Å². The van der Waals surface area contributed by atoms with Gasteiger partial charge in [0, 0.05) is 0 Å². The van der Waals surface area contributed by atoms with E-state index in [9.17, 15) is 0 Å². The zero-order valence-electron chi connectivity index (χ0n) is 19.9. The normalized spacial score (nSPS) is 46.5. The van der Waals surface area contributed by atoms with Crippen LogP contribution in [0.25, 0.3) is 0 Å². The van der Waals surface area contributed by atoms with Crippen molar-refractivity contribution in [2.24, 2.45) is 52.3 Å². The van der Waals surface area contributed by atoms with Crippen molar-refractivity contribution in [3.63, 3.8) is 0 Å². The molecular formula is C28H48. The summed E-state index contributed by atoms with van der Waals surface area (Å²) in [6.45, 7) is 15.3. The second kappa shape index (κ2) is 7.77. The predicted molar refractivity (Wildman–Crippen MR) is 122 cm³/mol. The molecule has 0 aliphatic heterocycles. The summed E-state index contributed by atoms with van der Waals surface area (Å²) >= 11 is 0. The number of hydrogen-bond donors (Lipinski definition) is 0. The van der Waals surface area contributed by atoms with Crippen LogP contribution in [0, 0.1) is 52.3 Å². The monoisotopic (exact) mass is 384 g/mol. The molecule has 3 fully saturated rings. The molecule has 0 nitrogen and oxygen atoms in total. The van der Waals surface area contributed by atoms with Gasteiger partial charge in [-0.1, -0.05) is 72.5 Å². The third kappa shape index (κ3) is 3.43. The van der Waals surface area contributed by atoms with E-state index in [0.717, 1.165) is 41.4 Å². The highest BCUT2D eigenvalue weighted by Crippen LogP contribution is 2.67. The van der Waals surface area contributed by atoms with Crippen molar-refractivity contribution in [1.29, 1.82) is 0 Å². The molecule has 8 atom stereocenters. The Hall–Kier alpha value is -0.260. The topological polar surface area (TPSA) is 0 Å². The minimum atomic E-state index is 0.553. The average Bonchev–Trinajstić information content (AvgIpc) is 2.99. The van der Waals surface area contributed by atoms with Gasteiger partial charge in [0.15, 0.2) is 0 Å². The molecule has 4 aliphatic carbocycles. The van der Waals surface area contributed by atoms with Crippen molar-refractivity contribution < 1.29 is 0 Å². The number of rotatable bonds is 5. The Morgan fingerprint density at radius 3 is 2.50 bits per heavy atom. The lowest BCUT2D eigenvalue weighted by Crippen LogP contribution is -2.50. The molecule has 0 aromatic rings. The van der Waals surface area contributed by atoms with Crippen LogP contribution in [0.2, 0.25) is 0 Å². The van der Waals surface area contributed by atoms with Gasteiger partial charge in [-0.15, -0.1) is 0 Å². The molecule has 0 aromatic carbocycles. The first-order chi connectivity index (χ1) is 13.3. The zero-order valence-corrected chi connectivity index (χ0v) is 19.9. The first-order valence-electron chi connectivity index (χ1n) is 12.9. The molecule has 0 heterocycles. The molecule has 4 aliphatic rings. The molecule has 4 rings (SSSR count). The molecular weight excluding hydrogens is 336 g/mol. The Bertz CT molecular complexity index is 585. The van der Waals surface area contributed by atoms with E-state index < -0.39 is 0 Å². The number of allylic oxidation sites excluding steroid dienone is 2. The molecule has 0 aromatic heterocycles. The van der Waals surface area contributed by atoms with Crippen LogP contribution >= 0.6 is 0 Å². The van der Waals surface area contributed by atoms with Crippen molar-refractivity contribution in [1.82, 2.24) is 0 Å². The maximum Gasteiger partial charge on any atom is -0.00851 e. The molecule has 2 unspecified atom stereocenters. The van der Waals surface area contributed by atoms with Gasteiger partial charge < -0.3 is 0 Å². The van der Waals surface area contributed by atoms with E-state index in [0.29, 0.717) is 10.8 Å². The van der Waals surface area contributed by atoms with Gasteiger partial charge in [-0.2, -0.15) is 0 Å². The van der Waals surface area contributed by atoms with Crippen LogP contribution in [0.3, 0.4) is 0 Å². The SMILES string of the molecule is CC(C)CCC[C@H](C)C1CC[C@@H]2[C@H]3CC=C4CC(C)CC[C@@]4(C)[C@@H]3CC[C@@]12C. The van der Waals surface area contributed by atoms with Crippen LogP contribution in [0.15, 0.2) is 11.6 Å². The highest BCUT2D eigenvalue weighted by Gasteiger charge is 2.58. The molecule has 3 saturated carbocycles. The maximum atomic E-state index is 2.75.